The fourth-order valence-electron chi connectivity index (χ4n) is 3.36. The van der Waals surface area contributed by atoms with Crippen molar-refractivity contribution >= 4 is 41.1 Å². The number of hydrogen-bond acceptors (Lipinski definition) is 6. The number of anilines is 1. The summed E-state index contributed by atoms with van der Waals surface area (Å²) in [5, 5.41) is 1.50. The van der Waals surface area contributed by atoms with E-state index in [1.165, 1.54) is 18.2 Å². The number of ether oxygens (including phenoxy) is 1. The van der Waals surface area contributed by atoms with E-state index < -0.39 is 40.7 Å². The Bertz CT molecular complexity index is 1100. The fourth-order valence-corrected chi connectivity index (χ4v) is 4.44. The minimum absolute atomic E-state index is 0.0325. The molecule has 2 aliphatic heterocycles. The molecule has 2 aliphatic rings. The Balaban J connectivity index is 1.31. The van der Waals surface area contributed by atoms with Crippen molar-refractivity contribution in [2.24, 2.45) is 0 Å². The summed E-state index contributed by atoms with van der Waals surface area (Å²) in [6.07, 6.45) is -4.86. The smallest absolute Gasteiger partial charge is 0.416 e. The Labute approximate surface area is 183 Å². The van der Waals surface area contributed by atoms with Gasteiger partial charge in [0.2, 0.25) is 5.91 Å². The van der Waals surface area contributed by atoms with Crippen molar-refractivity contribution in [1.82, 2.24) is 4.90 Å². The van der Waals surface area contributed by atoms with Gasteiger partial charge >= 0.3 is 12.1 Å². The third-order valence-electron chi connectivity index (χ3n) is 4.93. The lowest BCUT2D eigenvalue weighted by Crippen LogP contribution is -2.34. The zero-order chi connectivity index (χ0) is 23.0. The number of fused-ring (bicyclic) bond motifs is 2. The summed E-state index contributed by atoms with van der Waals surface area (Å²) in [4.78, 5) is 50.3. The average molecular weight is 464 g/mol. The number of halogens is 3. The molecule has 4 rings (SSSR count). The van der Waals surface area contributed by atoms with Gasteiger partial charge < -0.3 is 10.1 Å². The number of nitrogens with zero attached hydrogens (tertiary/aromatic N) is 1. The minimum Gasteiger partial charge on any atom is -0.464 e. The fraction of sp³-hybridized carbons (Fsp3) is 0.238. The van der Waals surface area contributed by atoms with E-state index in [-0.39, 0.29) is 36.4 Å². The van der Waals surface area contributed by atoms with Crippen molar-refractivity contribution in [2.45, 2.75) is 22.7 Å². The van der Waals surface area contributed by atoms with Gasteiger partial charge in [-0.3, -0.25) is 24.1 Å². The summed E-state index contributed by atoms with van der Waals surface area (Å²) >= 11 is 0.965. The van der Waals surface area contributed by atoms with Crippen LogP contribution in [0.3, 0.4) is 0 Å². The lowest BCUT2D eigenvalue weighted by atomic mass is 10.1. The first-order chi connectivity index (χ1) is 15.1. The number of nitrogens with one attached hydrogen (secondary N) is 1. The molecule has 3 amide bonds. The SMILES string of the molecule is O=C(CC1Sc2ccc(C(F)(F)F)cc2NC1=O)OCCN1C(=O)c2ccccc2C1=O. The second-order valence-corrected chi connectivity index (χ2v) is 8.28. The van der Waals surface area contributed by atoms with Gasteiger partial charge in [0.05, 0.1) is 40.6 Å². The van der Waals surface area contributed by atoms with Crippen LogP contribution in [0.1, 0.15) is 32.7 Å². The van der Waals surface area contributed by atoms with Crippen LogP contribution in [0.2, 0.25) is 0 Å². The van der Waals surface area contributed by atoms with E-state index >= 15 is 0 Å². The molecule has 0 aromatic heterocycles. The lowest BCUT2D eigenvalue weighted by Gasteiger charge is -2.24. The average Bonchev–Trinajstić information content (AvgIpc) is 2.98. The summed E-state index contributed by atoms with van der Waals surface area (Å²) in [5.41, 5.74) is -0.286. The quantitative estimate of drug-likeness (QED) is 0.539. The van der Waals surface area contributed by atoms with Crippen molar-refractivity contribution in [1.29, 1.82) is 0 Å². The Morgan fingerprint density at radius 2 is 1.72 bits per heavy atom. The number of carbonyl (C=O) groups excluding carboxylic acids is 4. The molecule has 1 atom stereocenters. The zero-order valence-electron chi connectivity index (χ0n) is 16.3. The summed E-state index contributed by atoms with van der Waals surface area (Å²) < 4.78 is 43.6. The van der Waals surface area contributed by atoms with Crippen LogP contribution in [0.25, 0.3) is 0 Å². The Hall–Kier alpha value is -3.34. The molecule has 0 radical (unpaired) electrons. The van der Waals surface area contributed by atoms with Gasteiger partial charge in [-0.25, -0.2) is 0 Å². The molecule has 0 bridgehead atoms. The molecule has 2 aromatic carbocycles. The molecule has 2 aromatic rings. The second-order valence-electron chi connectivity index (χ2n) is 7.04. The standard InChI is InChI=1S/C21H15F3N2O5S/c22-21(23,24)11-5-6-15-14(9-11)25-18(28)16(32-15)10-17(27)31-8-7-26-19(29)12-3-1-2-4-13(12)20(26)30/h1-6,9,16H,7-8,10H2,(H,25,28). The van der Waals surface area contributed by atoms with Crippen LogP contribution in [0, 0.1) is 0 Å². The van der Waals surface area contributed by atoms with E-state index in [2.05, 4.69) is 5.32 Å². The van der Waals surface area contributed by atoms with Gasteiger partial charge in [0.25, 0.3) is 11.8 Å². The highest BCUT2D eigenvalue weighted by Crippen LogP contribution is 2.40. The molecular weight excluding hydrogens is 449 g/mol. The number of esters is 1. The number of carbonyl (C=O) groups is 4. The third kappa shape index (κ3) is 4.20. The summed E-state index contributed by atoms with van der Waals surface area (Å²) in [6, 6.07) is 9.34. The Morgan fingerprint density at radius 1 is 1.06 bits per heavy atom. The molecule has 1 unspecified atom stereocenters. The molecular formula is C21H15F3N2O5S. The minimum atomic E-state index is -4.54. The molecule has 0 saturated carbocycles. The molecule has 32 heavy (non-hydrogen) atoms. The monoisotopic (exact) mass is 464 g/mol. The van der Waals surface area contributed by atoms with E-state index in [1.54, 1.807) is 12.1 Å². The lowest BCUT2D eigenvalue weighted by molar-refractivity contribution is -0.144. The van der Waals surface area contributed by atoms with Gasteiger partial charge in [0, 0.05) is 4.90 Å². The number of alkyl halides is 3. The summed E-state index contributed by atoms with van der Waals surface area (Å²) in [6.45, 7) is -0.375. The zero-order valence-corrected chi connectivity index (χ0v) is 17.1. The molecule has 7 nitrogen and oxygen atoms in total. The molecule has 166 valence electrons. The van der Waals surface area contributed by atoms with Crippen LogP contribution in [0.15, 0.2) is 47.4 Å². The van der Waals surface area contributed by atoms with Gasteiger partial charge in [-0.15, -0.1) is 11.8 Å². The van der Waals surface area contributed by atoms with Gasteiger partial charge in [-0.2, -0.15) is 13.2 Å². The van der Waals surface area contributed by atoms with Gasteiger partial charge in [0.15, 0.2) is 0 Å². The van der Waals surface area contributed by atoms with Gasteiger partial charge in [-0.1, -0.05) is 12.1 Å². The maximum atomic E-state index is 12.8. The van der Waals surface area contributed by atoms with Crippen molar-refractivity contribution in [2.75, 3.05) is 18.5 Å². The topological polar surface area (TPSA) is 92.8 Å². The number of benzene rings is 2. The predicted octanol–water partition coefficient (Wildman–Crippen LogP) is 3.35. The van der Waals surface area contributed by atoms with E-state index in [1.807, 2.05) is 0 Å². The summed E-state index contributed by atoms with van der Waals surface area (Å²) in [5.74, 6) is -2.29. The van der Waals surface area contributed by atoms with Crippen LogP contribution in [0.5, 0.6) is 0 Å². The van der Waals surface area contributed by atoms with Crippen molar-refractivity contribution in [3.05, 3.63) is 59.2 Å². The van der Waals surface area contributed by atoms with E-state index in [4.69, 9.17) is 4.74 Å². The van der Waals surface area contributed by atoms with E-state index in [0.29, 0.717) is 4.90 Å². The van der Waals surface area contributed by atoms with Crippen LogP contribution in [-0.2, 0) is 20.5 Å². The van der Waals surface area contributed by atoms with Crippen LogP contribution in [-0.4, -0.2) is 47.0 Å². The summed E-state index contributed by atoms with van der Waals surface area (Å²) in [7, 11) is 0. The molecule has 2 heterocycles. The van der Waals surface area contributed by atoms with Crippen LogP contribution in [0.4, 0.5) is 18.9 Å². The first-order valence-electron chi connectivity index (χ1n) is 9.45. The number of rotatable bonds is 5. The molecule has 0 aliphatic carbocycles. The van der Waals surface area contributed by atoms with Crippen molar-refractivity contribution in [3.63, 3.8) is 0 Å². The third-order valence-corrected chi connectivity index (χ3v) is 6.21. The Kier molecular flexibility index (Phi) is 5.68. The highest BCUT2D eigenvalue weighted by Gasteiger charge is 2.36. The van der Waals surface area contributed by atoms with Crippen molar-refractivity contribution in [3.8, 4) is 0 Å². The molecule has 0 fully saturated rings. The van der Waals surface area contributed by atoms with Gasteiger partial charge in [-0.05, 0) is 30.3 Å². The molecule has 0 saturated heterocycles. The molecule has 0 spiro atoms. The largest absolute Gasteiger partial charge is 0.464 e. The van der Waals surface area contributed by atoms with Gasteiger partial charge in [0.1, 0.15) is 6.61 Å². The van der Waals surface area contributed by atoms with Crippen molar-refractivity contribution < 1.29 is 37.1 Å². The number of thioether (sulfide) groups is 1. The number of imide groups is 1. The molecule has 1 N–H and O–H groups in total. The number of amides is 3. The second kappa shape index (κ2) is 8.30. The molecule has 11 heteroatoms. The number of hydrogen-bond donors (Lipinski definition) is 1. The van der Waals surface area contributed by atoms with E-state index in [0.717, 1.165) is 28.8 Å². The highest BCUT2D eigenvalue weighted by molar-refractivity contribution is 8.01. The highest BCUT2D eigenvalue weighted by atomic mass is 32.2. The van der Waals surface area contributed by atoms with Crippen LogP contribution >= 0.6 is 11.8 Å². The van der Waals surface area contributed by atoms with E-state index in [9.17, 15) is 32.3 Å². The first kappa shape index (κ1) is 21.9. The maximum Gasteiger partial charge on any atom is 0.416 e. The van der Waals surface area contributed by atoms with Crippen LogP contribution < -0.4 is 5.32 Å². The normalized spacial score (nSPS) is 17.7. The maximum absolute atomic E-state index is 12.8. The predicted molar refractivity (Wildman–Crippen MR) is 107 cm³/mol. The first-order valence-corrected chi connectivity index (χ1v) is 10.3. The Morgan fingerprint density at radius 3 is 2.34 bits per heavy atom.